The summed E-state index contributed by atoms with van der Waals surface area (Å²) >= 11 is 0. The second-order valence-corrected chi connectivity index (χ2v) is 3.54. The molecule has 0 aliphatic carbocycles. The monoisotopic (exact) mass is 200 g/mol. The number of aryl methyl sites for hydroxylation is 1. The van der Waals surface area contributed by atoms with Crippen LogP contribution in [0.2, 0.25) is 0 Å². The molecular weight excluding hydrogens is 188 g/mol. The Balaban J connectivity index is 2.55. The highest BCUT2D eigenvalue weighted by atomic mass is 16.1. The van der Waals surface area contributed by atoms with Crippen LogP contribution >= 0.6 is 0 Å². The van der Waals surface area contributed by atoms with Gasteiger partial charge >= 0.3 is 0 Å². The number of nitrogens with two attached hydrogens (primary N) is 1. The third kappa shape index (κ3) is 1.91. The number of aromatic amines is 1. The van der Waals surface area contributed by atoms with Gasteiger partial charge in [0.25, 0.3) is 5.56 Å². The number of rotatable bonds is 1. The number of nitrogens with one attached hydrogen (secondary N) is 1. The van der Waals surface area contributed by atoms with Crippen molar-refractivity contribution in [3.8, 4) is 11.1 Å². The zero-order chi connectivity index (χ0) is 10.8. The van der Waals surface area contributed by atoms with Crippen LogP contribution in [0, 0.1) is 6.92 Å². The summed E-state index contributed by atoms with van der Waals surface area (Å²) < 4.78 is 0. The summed E-state index contributed by atoms with van der Waals surface area (Å²) in [7, 11) is 0. The molecule has 0 aliphatic rings. The maximum absolute atomic E-state index is 11.1. The third-order valence-electron chi connectivity index (χ3n) is 2.28. The maximum Gasteiger partial charge on any atom is 0.271 e. The average Bonchev–Trinajstić information content (AvgIpc) is 2.22. The molecule has 0 saturated carbocycles. The zero-order valence-electron chi connectivity index (χ0n) is 8.45. The van der Waals surface area contributed by atoms with Crippen LogP contribution < -0.4 is 11.3 Å². The molecule has 76 valence electrons. The highest BCUT2D eigenvalue weighted by Gasteiger charge is 2.00. The number of H-pyrrole nitrogens is 1. The van der Waals surface area contributed by atoms with Gasteiger partial charge < -0.3 is 10.7 Å². The molecule has 0 spiro atoms. The number of anilines is 1. The normalized spacial score (nSPS) is 10.2. The number of hydrogen-bond acceptors (Lipinski definition) is 2. The smallest absolute Gasteiger partial charge is 0.271 e. The molecule has 0 fully saturated rings. The molecule has 0 bridgehead atoms. The topological polar surface area (TPSA) is 58.9 Å². The van der Waals surface area contributed by atoms with Gasteiger partial charge in [0, 0.05) is 11.8 Å². The SMILES string of the molecule is Cc1cccc(-c2c[nH]c(=O)c(N)c2)c1. The number of benzene rings is 1. The molecule has 2 aromatic rings. The first-order valence-corrected chi connectivity index (χ1v) is 4.72. The second kappa shape index (κ2) is 3.61. The number of hydrogen-bond donors (Lipinski definition) is 2. The van der Waals surface area contributed by atoms with E-state index in [-0.39, 0.29) is 11.2 Å². The molecule has 1 aromatic carbocycles. The molecule has 15 heavy (non-hydrogen) atoms. The van der Waals surface area contributed by atoms with Gasteiger partial charge in [-0.2, -0.15) is 0 Å². The summed E-state index contributed by atoms with van der Waals surface area (Å²) in [5.74, 6) is 0. The minimum absolute atomic E-state index is 0.244. The molecule has 0 atom stereocenters. The average molecular weight is 200 g/mol. The van der Waals surface area contributed by atoms with Crippen LogP contribution in [0.5, 0.6) is 0 Å². The quantitative estimate of drug-likeness (QED) is 0.739. The minimum atomic E-state index is -0.244. The van der Waals surface area contributed by atoms with Gasteiger partial charge in [-0.3, -0.25) is 4.79 Å². The molecule has 3 N–H and O–H groups in total. The lowest BCUT2D eigenvalue weighted by molar-refractivity contribution is 1.24. The van der Waals surface area contributed by atoms with Crippen LogP contribution in [0.25, 0.3) is 11.1 Å². The van der Waals surface area contributed by atoms with E-state index < -0.39 is 0 Å². The van der Waals surface area contributed by atoms with Gasteiger partial charge in [0.1, 0.15) is 0 Å². The highest BCUT2D eigenvalue weighted by Crippen LogP contribution is 2.19. The lowest BCUT2D eigenvalue weighted by Gasteiger charge is -2.03. The largest absolute Gasteiger partial charge is 0.394 e. The van der Waals surface area contributed by atoms with Crippen molar-refractivity contribution in [3.05, 3.63) is 52.4 Å². The van der Waals surface area contributed by atoms with Crippen LogP contribution in [-0.4, -0.2) is 4.98 Å². The third-order valence-corrected chi connectivity index (χ3v) is 2.28. The summed E-state index contributed by atoms with van der Waals surface area (Å²) in [4.78, 5) is 13.7. The van der Waals surface area contributed by atoms with E-state index in [0.29, 0.717) is 0 Å². The van der Waals surface area contributed by atoms with E-state index in [1.165, 1.54) is 5.56 Å². The van der Waals surface area contributed by atoms with Gasteiger partial charge in [0.15, 0.2) is 0 Å². The van der Waals surface area contributed by atoms with Crippen LogP contribution in [0.1, 0.15) is 5.56 Å². The van der Waals surface area contributed by atoms with Gasteiger partial charge in [0.2, 0.25) is 0 Å². The Hall–Kier alpha value is -2.03. The Bertz CT molecular complexity index is 543. The standard InChI is InChI=1S/C12H12N2O/c1-8-3-2-4-9(5-8)10-6-11(13)12(15)14-7-10/h2-7H,13H2,1H3,(H,14,15). The van der Waals surface area contributed by atoms with Crippen molar-refractivity contribution >= 4 is 5.69 Å². The summed E-state index contributed by atoms with van der Waals surface area (Å²) in [5, 5.41) is 0. The van der Waals surface area contributed by atoms with E-state index in [0.717, 1.165) is 11.1 Å². The number of aromatic nitrogens is 1. The first-order chi connectivity index (χ1) is 7.16. The fourth-order valence-corrected chi connectivity index (χ4v) is 1.49. The zero-order valence-corrected chi connectivity index (χ0v) is 8.45. The van der Waals surface area contributed by atoms with Gasteiger partial charge in [0.05, 0.1) is 5.69 Å². The Kier molecular flexibility index (Phi) is 2.29. The van der Waals surface area contributed by atoms with Crippen molar-refractivity contribution in [2.24, 2.45) is 0 Å². The maximum atomic E-state index is 11.1. The van der Waals surface area contributed by atoms with Crippen molar-refractivity contribution in [1.29, 1.82) is 0 Å². The fraction of sp³-hybridized carbons (Fsp3) is 0.0833. The van der Waals surface area contributed by atoms with E-state index in [9.17, 15) is 4.79 Å². The van der Waals surface area contributed by atoms with E-state index in [4.69, 9.17) is 5.73 Å². The van der Waals surface area contributed by atoms with E-state index >= 15 is 0 Å². The molecular formula is C12H12N2O. The molecule has 0 unspecified atom stereocenters. The minimum Gasteiger partial charge on any atom is -0.394 e. The summed E-state index contributed by atoms with van der Waals surface area (Å²) in [6.45, 7) is 2.03. The van der Waals surface area contributed by atoms with Crippen LogP contribution in [0.4, 0.5) is 5.69 Å². The molecule has 0 aliphatic heterocycles. The lowest BCUT2D eigenvalue weighted by Crippen LogP contribution is -2.10. The molecule has 2 rings (SSSR count). The second-order valence-electron chi connectivity index (χ2n) is 3.54. The summed E-state index contributed by atoms with van der Waals surface area (Å²) in [6, 6.07) is 9.73. The molecule has 1 heterocycles. The van der Waals surface area contributed by atoms with Gasteiger partial charge in [-0.25, -0.2) is 0 Å². The summed E-state index contributed by atoms with van der Waals surface area (Å²) in [5.41, 5.74) is 8.71. The van der Waals surface area contributed by atoms with Gasteiger partial charge in [-0.1, -0.05) is 29.8 Å². The Morgan fingerprint density at radius 1 is 1.20 bits per heavy atom. The van der Waals surface area contributed by atoms with Gasteiger partial charge in [-0.05, 0) is 18.6 Å². The molecule has 1 aromatic heterocycles. The van der Waals surface area contributed by atoms with Crippen LogP contribution in [-0.2, 0) is 0 Å². The first kappa shape index (κ1) is 9.52. The molecule has 0 saturated heterocycles. The molecule has 3 nitrogen and oxygen atoms in total. The van der Waals surface area contributed by atoms with E-state index in [1.807, 2.05) is 31.2 Å². The van der Waals surface area contributed by atoms with Crippen LogP contribution in [0.15, 0.2) is 41.3 Å². The van der Waals surface area contributed by atoms with Crippen LogP contribution in [0.3, 0.4) is 0 Å². The van der Waals surface area contributed by atoms with E-state index in [1.54, 1.807) is 12.3 Å². The molecule has 0 radical (unpaired) electrons. The Labute approximate surface area is 87.6 Å². The number of nitrogen functional groups attached to an aromatic ring is 1. The fourth-order valence-electron chi connectivity index (χ4n) is 1.49. The predicted octanol–water partition coefficient (Wildman–Crippen LogP) is 1.93. The van der Waals surface area contributed by atoms with Crippen molar-refractivity contribution in [3.63, 3.8) is 0 Å². The Morgan fingerprint density at radius 3 is 2.67 bits per heavy atom. The van der Waals surface area contributed by atoms with Crippen molar-refractivity contribution in [1.82, 2.24) is 4.98 Å². The lowest BCUT2D eigenvalue weighted by atomic mass is 10.1. The van der Waals surface area contributed by atoms with Crippen molar-refractivity contribution in [2.75, 3.05) is 5.73 Å². The van der Waals surface area contributed by atoms with E-state index in [2.05, 4.69) is 4.98 Å². The first-order valence-electron chi connectivity index (χ1n) is 4.72. The van der Waals surface area contributed by atoms with Crippen molar-refractivity contribution in [2.45, 2.75) is 6.92 Å². The van der Waals surface area contributed by atoms with Crippen molar-refractivity contribution < 1.29 is 0 Å². The highest BCUT2D eigenvalue weighted by molar-refractivity contribution is 5.66. The molecule has 0 amide bonds. The number of pyridine rings is 1. The predicted molar refractivity (Wildman–Crippen MR) is 61.6 cm³/mol. The molecule has 3 heteroatoms. The van der Waals surface area contributed by atoms with Gasteiger partial charge in [-0.15, -0.1) is 0 Å². The Morgan fingerprint density at radius 2 is 2.00 bits per heavy atom. The summed E-state index contributed by atoms with van der Waals surface area (Å²) in [6.07, 6.45) is 1.67.